The minimum absolute atomic E-state index is 0.754. The number of rotatable bonds is 3. The summed E-state index contributed by atoms with van der Waals surface area (Å²) in [7, 11) is 2.34. The van der Waals surface area contributed by atoms with Crippen LogP contribution >= 0.6 is 11.8 Å². The zero-order chi connectivity index (χ0) is 11.5. The van der Waals surface area contributed by atoms with Gasteiger partial charge in [-0.05, 0) is 50.9 Å². The van der Waals surface area contributed by atoms with Crippen LogP contribution in [0.15, 0.2) is 0 Å². The fourth-order valence-corrected chi connectivity index (χ4v) is 4.77. The maximum Gasteiger partial charge on any atom is 0.0212 e. The summed E-state index contributed by atoms with van der Waals surface area (Å²) >= 11 is 2.15. The lowest BCUT2D eigenvalue weighted by Crippen LogP contribution is -2.48. The van der Waals surface area contributed by atoms with Crippen LogP contribution in [0.3, 0.4) is 0 Å². The van der Waals surface area contributed by atoms with E-state index < -0.39 is 0 Å². The van der Waals surface area contributed by atoms with E-state index in [4.69, 9.17) is 5.73 Å². The van der Waals surface area contributed by atoms with Gasteiger partial charge in [0.1, 0.15) is 0 Å². The largest absolute Gasteiger partial charge is 0.330 e. The fraction of sp³-hybridized carbons (Fsp3) is 1.00. The first-order valence-electron chi connectivity index (χ1n) is 6.77. The normalized spacial score (nSPS) is 40.5. The van der Waals surface area contributed by atoms with Crippen molar-refractivity contribution >= 4 is 11.8 Å². The van der Waals surface area contributed by atoms with Crippen molar-refractivity contribution in [1.82, 2.24) is 4.90 Å². The highest BCUT2D eigenvalue weighted by Crippen LogP contribution is 2.35. The van der Waals surface area contributed by atoms with Crippen molar-refractivity contribution in [2.45, 2.75) is 56.4 Å². The zero-order valence-electron chi connectivity index (χ0n) is 10.7. The predicted molar refractivity (Wildman–Crippen MR) is 72.9 cm³/mol. The summed E-state index contributed by atoms with van der Waals surface area (Å²) in [4.78, 5) is 2.67. The molecular weight excluding hydrogens is 216 g/mol. The van der Waals surface area contributed by atoms with Gasteiger partial charge in [-0.25, -0.2) is 0 Å². The molecule has 4 atom stereocenters. The highest BCUT2D eigenvalue weighted by atomic mass is 32.2. The zero-order valence-corrected chi connectivity index (χ0v) is 11.5. The first kappa shape index (κ1) is 12.7. The number of hydrogen-bond donors (Lipinski definition) is 1. The summed E-state index contributed by atoms with van der Waals surface area (Å²) in [5.74, 6) is 2.11. The topological polar surface area (TPSA) is 29.3 Å². The van der Waals surface area contributed by atoms with E-state index in [1.54, 1.807) is 0 Å². The number of thioether (sulfide) groups is 1. The maximum atomic E-state index is 5.89. The standard InChI is InChI=1S/C13H26N2S/c1-10-12(7-4-8-16-10)15(2)13-6-3-5-11(13)9-14/h10-13H,3-9,14H2,1-2H3. The van der Waals surface area contributed by atoms with E-state index in [0.29, 0.717) is 0 Å². The molecule has 2 rings (SSSR count). The Kier molecular flexibility index (Phi) is 4.57. The van der Waals surface area contributed by atoms with Crippen LogP contribution < -0.4 is 5.73 Å². The molecule has 0 spiro atoms. The smallest absolute Gasteiger partial charge is 0.0212 e. The van der Waals surface area contributed by atoms with Gasteiger partial charge in [-0.1, -0.05) is 13.3 Å². The van der Waals surface area contributed by atoms with Gasteiger partial charge in [-0.2, -0.15) is 11.8 Å². The van der Waals surface area contributed by atoms with Gasteiger partial charge in [0.05, 0.1) is 0 Å². The Hall–Kier alpha value is 0.270. The summed E-state index contributed by atoms with van der Waals surface area (Å²) in [5.41, 5.74) is 5.89. The average Bonchev–Trinajstić information content (AvgIpc) is 2.77. The summed E-state index contributed by atoms with van der Waals surface area (Å²) in [6, 6.07) is 1.55. The van der Waals surface area contributed by atoms with E-state index in [1.807, 2.05) is 0 Å². The molecule has 94 valence electrons. The van der Waals surface area contributed by atoms with Crippen LogP contribution in [0.4, 0.5) is 0 Å². The molecule has 1 aliphatic carbocycles. The first-order chi connectivity index (χ1) is 7.74. The summed E-state index contributed by atoms with van der Waals surface area (Å²) < 4.78 is 0. The van der Waals surface area contributed by atoms with Crippen molar-refractivity contribution in [3.05, 3.63) is 0 Å². The van der Waals surface area contributed by atoms with E-state index in [0.717, 1.165) is 29.8 Å². The van der Waals surface area contributed by atoms with E-state index in [2.05, 4.69) is 30.6 Å². The molecule has 0 aromatic carbocycles. The van der Waals surface area contributed by atoms with Crippen LogP contribution in [0.25, 0.3) is 0 Å². The molecule has 0 aromatic heterocycles. The molecule has 1 saturated carbocycles. The Morgan fingerprint density at radius 1 is 1.19 bits per heavy atom. The van der Waals surface area contributed by atoms with Crippen LogP contribution in [0, 0.1) is 5.92 Å². The molecule has 0 bridgehead atoms. The van der Waals surface area contributed by atoms with Crippen LogP contribution in [0.2, 0.25) is 0 Å². The van der Waals surface area contributed by atoms with Crippen LogP contribution in [0.1, 0.15) is 39.0 Å². The van der Waals surface area contributed by atoms with Crippen molar-refractivity contribution in [3.63, 3.8) is 0 Å². The third-order valence-corrected chi connectivity index (χ3v) is 5.90. The van der Waals surface area contributed by atoms with Gasteiger partial charge in [0, 0.05) is 17.3 Å². The Bertz CT molecular complexity index is 220. The lowest BCUT2D eigenvalue weighted by Gasteiger charge is -2.41. The van der Waals surface area contributed by atoms with Gasteiger partial charge in [0.15, 0.2) is 0 Å². The Labute approximate surface area is 104 Å². The summed E-state index contributed by atoms with van der Waals surface area (Å²) in [6.07, 6.45) is 6.87. The molecule has 0 radical (unpaired) electrons. The van der Waals surface area contributed by atoms with Crippen LogP contribution in [0.5, 0.6) is 0 Å². The van der Waals surface area contributed by atoms with Gasteiger partial charge in [0.2, 0.25) is 0 Å². The minimum Gasteiger partial charge on any atom is -0.330 e. The lowest BCUT2D eigenvalue weighted by molar-refractivity contribution is 0.132. The third-order valence-electron chi connectivity index (χ3n) is 4.53. The van der Waals surface area contributed by atoms with Crippen molar-refractivity contribution in [2.75, 3.05) is 19.3 Å². The Morgan fingerprint density at radius 2 is 1.94 bits per heavy atom. The van der Waals surface area contributed by atoms with E-state index in [1.165, 1.54) is 37.9 Å². The first-order valence-corrected chi connectivity index (χ1v) is 7.82. The second kappa shape index (κ2) is 5.74. The quantitative estimate of drug-likeness (QED) is 0.823. The summed E-state index contributed by atoms with van der Waals surface area (Å²) in [5, 5.41) is 0.803. The molecule has 3 heteroatoms. The lowest BCUT2D eigenvalue weighted by atomic mass is 9.98. The number of nitrogens with two attached hydrogens (primary N) is 1. The minimum atomic E-state index is 0.754. The molecule has 1 heterocycles. The molecule has 0 amide bonds. The van der Waals surface area contributed by atoms with Gasteiger partial charge in [-0.15, -0.1) is 0 Å². The molecule has 2 aliphatic rings. The van der Waals surface area contributed by atoms with Crippen molar-refractivity contribution < 1.29 is 0 Å². The SMILES string of the molecule is CC1SCCCC1N(C)C1CCCC1CN. The third kappa shape index (κ3) is 2.57. The van der Waals surface area contributed by atoms with Crippen LogP contribution in [-0.4, -0.2) is 41.6 Å². The molecule has 1 saturated heterocycles. The Morgan fingerprint density at radius 3 is 2.62 bits per heavy atom. The van der Waals surface area contributed by atoms with E-state index in [9.17, 15) is 0 Å². The molecule has 4 unspecified atom stereocenters. The number of hydrogen-bond acceptors (Lipinski definition) is 3. The molecule has 16 heavy (non-hydrogen) atoms. The number of nitrogens with zero attached hydrogens (tertiary/aromatic N) is 1. The van der Waals surface area contributed by atoms with Crippen molar-refractivity contribution in [1.29, 1.82) is 0 Å². The molecular formula is C13H26N2S. The molecule has 2 N–H and O–H groups in total. The van der Waals surface area contributed by atoms with Gasteiger partial charge >= 0.3 is 0 Å². The predicted octanol–water partition coefficient (Wildman–Crippen LogP) is 2.33. The van der Waals surface area contributed by atoms with Gasteiger partial charge in [-0.3, -0.25) is 4.90 Å². The monoisotopic (exact) mass is 242 g/mol. The van der Waals surface area contributed by atoms with Crippen LogP contribution in [-0.2, 0) is 0 Å². The van der Waals surface area contributed by atoms with Crippen molar-refractivity contribution in [3.8, 4) is 0 Å². The van der Waals surface area contributed by atoms with Gasteiger partial charge < -0.3 is 5.73 Å². The van der Waals surface area contributed by atoms with E-state index in [-0.39, 0.29) is 0 Å². The average molecular weight is 242 g/mol. The second-order valence-electron chi connectivity index (χ2n) is 5.44. The maximum absolute atomic E-state index is 5.89. The highest BCUT2D eigenvalue weighted by molar-refractivity contribution is 7.99. The molecule has 1 aliphatic heterocycles. The molecule has 0 aromatic rings. The highest BCUT2D eigenvalue weighted by Gasteiger charge is 2.35. The van der Waals surface area contributed by atoms with Crippen molar-refractivity contribution in [2.24, 2.45) is 11.7 Å². The molecule has 2 nitrogen and oxygen atoms in total. The Balaban J connectivity index is 1.97. The molecule has 2 fully saturated rings. The summed E-state index contributed by atoms with van der Waals surface area (Å²) in [6.45, 7) is 3.28. The second-order valence-corrected chi connectivity index (χ2v) is 6.93. The van der Waals surface area contributed by atoms with E-state index >= 15 is 0 Å². The van der Waals surface area contributed by atoms with Gasteiger partial charge in [0.25, 0.3) is 0 Å². The fourth-order valence-electron chi connectivity index (χ4n) is 3.52.